The van der Waals surface area contributed by atoms with Crippen LogP contribution in [0.3, 0.4) is 0 Å². The summed E-state index contributed by atoms with van der Waals surface area (Å²) in [5, 5.41) is 5.46. The Morgan fingerprint density at radius 1 is 1.14 bits per heavy atom. The van der Waals surface area contributed by atoms with Crippen molar-refractivity contribution in [2.45, 2.75) is 25.7 Å². The van der Waals surface area contributed by atoms with Crippen molar-refractivity contribution in [1.29, 1.82) is 0 Å². The van der Waals surface area contributed by atoms with E-state index in [1.54, 1.807) is 0 Å². The first kappa shape index (κ1) is 14.4. The third-order valence-corrected chi connectivity index (χ3v) is 4.61. The van der Waals surface area contributed by atoms with Gasteiger partial charge in [0.25, 0.3) is 0 Å². The second kappa shape index (κ2) is 6.07. The Balaban J connectivity index is 1.58. The SMILES string of the molecule is O=C(Cc1ccc2ccccc2c1)NCC1(CCCl)CC1. The topological polar surface area (TPSA) is 29.1 Å². The van der Waals surface area contributed by atoms with E-state index in [9.17, 15) is 4.79 Å². The van der Waals surface area contributed by atoms with Crippen molar-refractivity contribution < 1.29 is 4.79 Å². The zero-order valence-electron chi connectivity index (χ0n) is 12.1. The Labute approximate surface area is 130 Å². The van der Waals surface area contributed by atoms with Crippen molar-refractivity contribution >= 4 is 28.3 Å². The second-order valence-electron chi connectivity index (χ2n) is 6.07. The number of carbonyl (C=O) groups excluding carboxylic acids is 1. The monoisotopic (exact) mass is 301 g/mol. The van der Waals surface area contributed by atoms with Gasteiger partial charge in [-0.2, -0.15) is 0 Å². The lowest BCUT2D eigenvalue weighted by Crippen LogP contribution is -2.31. The fourth-order valence-electron chi connectivity index (χ4n) is 2.78. The van der Waals surface area contributed by atoms with Crippen LogP contribution in [-0.4, -0.2) is 18.3 Å². The molecule has 0 atom stereocenters. The molecule has 0 saturated heterocycles. The summed E-state index contributed by atoms with van der Waals surface area (Å²) in [4.78, 5) is 12.1. The number of amides is 1. The van der Waals surface area contributed by atoms with Gasteiger partial charge in [0.2, 0.25) is 5.91 Å². The molecular formula is C18H20ClNO. The van der Waals surface area contributed by atoms with Crippen LogP contribution in [-0.2, 0) is 11.2 Å². The molecule has 1 aliphatic rings. The molecule has 1 saturated carbocycles. The van der Waals surface area contributed by atoms with Gasteiger partial charge in [-0.15, -0.1) is 11.6 Å². The van der Waals surface area contributed by atoms with Crippen LogP contribution in [0, 0.1) is 5.41 Å². The molecule has 21 heavy (non-hydrogen) atoms. The number of alkyl halides is 1. The van der Waals surface area contributed by atoms with E-state index in [0.29, 0.717) is 17.7 Å². The van der Waals surface area contributed by atoms with E-state index in [1.807, 2.05) is 18.2 Å². The number of halogens is 1. The molecule has 0 aromatic heterocycles. The second-order valence-corrected chi connectivity index (χ2v) is 6.45. The highest BCUT2D eigenvalue weighted by molar-refractivity contribution is 6.17. The van der Waals surface area contributed by atoms with Crippen molar-refractivity contribution in [2.75, 3.05) is 12.4 Å². The third-order valence-electron chi connectivity index (χ3n) is 4.42. The van der Waals surface area contributed by atoms with Gasteiger partial charge < -0.3 is 5.32 Å². The van der Waals surface area contributed by atoms with Crippen molar-refractivity contribution in [3.8, 4) is 0 Å². The van der Waals surface area contributed by atoms with Gasteiger partial charge in [0.15, 0.2) is 0 Å². The predicted molar refractivity (Wildman–Crippen MR) is 87.7 cm³/mol. The van der Waals surface area contributed by atoms with Gasteiger partial charge in [-0.1, -0.05) is 42.5 Å². The molecule has 3 rings (SSSR count). The van der Waals surface area contributed by atoms with Gasteiger partial charge in [-0.05, 0) is 41.0 Å². The number of fused-ring (bicyclic) bond motifs is 1. The molecule has 110 valence electrons. The molecule has 2 nitrogen and oxygen atoms in total. The molecule has 1 aliphatic carbocycles. The van der Waals surface area contributed by atoms with E-state index >= 15 is 0 Å². The molecule has 1 amide bonds. The van der Waals surface area contributed by atoms with E-state index in [1.165, 1.54) is 23.6 Å². The van der Waals surface area contributed by atoms with E-state index in [2.05, 4.69) is 29.6 Å². The maximum Gasteiger partial charge on any atom is 0.224 e. The fraction of sp³-hybridized carbons (Fsp3) is 0.389. The first-order chi connectivity index (χ1) is 10.2. The van der Waals surface area contributed by atoms with Crippen molar-refractivity contribution in [2.24, 2.45) is 5.41 Å². The predicted octanol–water partition coefficient (Wildman–Crippen LogP) is 3.91. The Kier molecular flexibility index (Phi) is 4.16. The summed E-state index contributed by atoms with van der Waals surface area (Å²) in [7, 11) is 0. The van der Waals surface area contributed by atoms with Crippen LogP contribution < -0.4 is 5.32 Å². The highest BCUT2D eigenvalue weighted by atomic mass is 35.5. The van der Waals surface area contributed by atoms with E-state index in [-0.39, 0.29) is 5.91 Å². The summed E-state index contributed by atoms with van der Waals surface area (Å²) in [6.07, 6.45) is 3.83. The summed E-state index contributed by atoms with van der Waals surface area (Å²) in [6.45, 7) is 0.770. The van der Waals surface area contributed by atoms with Crippen LogP contribution in [0.5, 0.6) is 0 Å². The number of rotatable bonds is 6. The normalized spacial score (nSPS) is 15.9. The average Bonchev–Trinajstić information content (AvgIpc) is 3.26. The van der Waals surface area contributed by atoms with Crippen molar-refractivity contribution in [3.05, 3.63) is 48.0 Å². The minimum atomic E-state index is 0.103. The summed E-state index contributed by atoms with van der Waals surface area (Å²) in [5.74, 6) is 0.784. The standard InChI is InChI=1S/C18H20ClNO/c19-10-9-18(7-8-18)13-20-17(21)12-14-5-6-15-3-1-2-4-16(15)11-14/h1-6,11H,7-10,12-13H2,(H,20,21). The molecule has 1 fully saturated rings. The maximum atomic E-state index is 12.1. The molecule has 0 bridgehead atoms. The van der Waals surface area contributed by atoms with E-state index in [4.69, 9.17) is 11.6 Å². The third kappa shape index (κ3) is 3.56. The number of benzene rings is 2. The lowest BCUT2D eigenvalue weighted by atomic mass is 10.0. The van der Waals surface area contributed by atoms with Crippen molar-refractivity contribution in [3.63, 3.8) is 0 Å². The van der Waals surface area contributed by atoms with Crippen LogP contribution in [0.2, 0.25) is 0 Å². The largest absolute Gasteiger partial charge is 0.355 e. The minimum Gasteiger partial charge on any atom is -0.355 e. The highest BCUT2D eigenvalue weighted by Gasteiger charge is 2.41. The van der Waals surface area contributed by atoms with Crippen LogP contribution >= 0.6 is 11.6 Å². The lowest BCUT2D eigenvalue weighted by molar-refractivity contribution is -0.120. The smallest absolute Gasteiger partial charge is 0.224 e. The summed E-state index contributed by atoms with van der Waals surface area (Å²) >= 11 is 5.81. The number of nitrogens with one attached hydrogen (secondary N) is 1. The number of hydrogen-bond donors (Lipinski definition) is 1. The van der Waals surface area contributed by atoms with Gasteiger partial charge in [-0.25, -0.2) is 0 Å². The van der Waals surface area contributed by atoms with Gasteiger partial charge in [0, 0.05) is 12.4 Å². The molecule has 0 heterocycles. The van der Waals surface area contributed by atoms with Crippen LogP contribution in [0.25, 0.3) is 10.8 Å². The van der Waals surface area contributed by atoms with Gasteiger partial charge >= 0.3 is 0 Å². The Morgan fingerprint density at radius 3 is 2.62 bits per heavy atom. The summed E-state index contributed by atoms with van der Waals surface area (Å²) in [6, 6.07) is 14.4. The molecule has 0 spiro atoms. The number of carbonyl (C=O) groups is 1. The van der Waals surface area contributed by atoms with Crippen molar-refractivity contribution in [1.82, 2.24) is 5.32 Å². The summed E-state index contributed by atoms with van der Waals surface area (Å²) < 4.78 is 0. The first-order valence-corrected chi connectivity index (χ1v) is 8.05. The minimum absolute atomic E-state index is 0.103. The molecule has 0 radical (unpaired) electrons. The molecule has 0 aliphatic heterocycles. The van der Waals surface area contributed by atoms with E-state index < -0.39 is 0 Å². The summed E-state index contributed by atoms with van der Waals surface area (Å²) in [5.41, 5.74) is 1.36. The average molecular weight is 302 g/mol. The lowest BCUT2D eigenvalue weighted by Gasteiger charge is -2.14. The first-order valence-electron chi connectivity index (χ1n) is 7.51. The van der Waals surface area contributed by atoms with Crippen LogP contribution in [0.1, 0.15) is 24.8 Å². The Bertz CT molecular complexity index is 648. The molecule has 0 unspecified atom stereocenters. The Morgan fingerprint density at radius 2 is 1.90 bits per heavy atom. The van der Waals surface area contributed by atoms with Crippen LogP contribution in [0.4, 0.5) is 0 Å². The number of hydrogen-bond acceptors (Lipinski definition) is 1. The fourth-order valence-corrected chi connectivity index (χ4v) is 3.18. The molecule has 2 aromatic rings. The Hall–Kier alpha value is -1.54. The molecule has 3 heteroatoms. The van der Waals surface area contributed by atoms with E-state index in [0.717, 1.165) is 18.5 Å². The highest BCUT2D eigenvalue weighted by Crippen LogP contribution is 2.48. The van der Waals surface area contributed by atoms with Crippen LogP contribution in [0.15, 0.2) is 42.5 Å². The van der Waals surface area contributed by atoms with Gasteiger partial charge in [-0.3, -0.25) is 4.79 Å². The maximum absolute atomic E-state index is 12.1. The van der Waals surface area contributed by atoms with Gasteiger partial charge in [0.05, 0.1) is 6.42 Å². The molecule has 2 aromatic carbocycles. The zero-order chi connectivity index (χ0) is 14.7. The quantitative estimate of drug-likeness (QED) is 0.805. The van der Waals surface area contributed by atoms with Gasteiger partial charge in [0.1, 0.15) is 0 Å². The molecular weight excluding hydrogens is 282 g/mol. The molecule has 1 N–H and O–H groups in total. The zero-order valence-corrected chi connectivity index (χ0v) is 12.8.